The van der Waals surface area contributed by atoms with Crippen molar-refractivity contribution < 1.29 is 13.7 Å². The molecule has 2 amide bonds. The number of nitrogens with zero attached hydrogens (tertiary/aromatic N) is 3. The number of allylic oxidation sites excluding steroid dienone is 1. The van der Waals surface area contributed by atoms with E-state index in [1.807, 2.05) is 20.8 Å². The van der Waals surface area contributed by atoms with Crippen molar-refractivity contribution in [3.8, 4) is 11.4 Å². The van der Waals surface area contributed by atoms with Crippen molar-refractivity contribution in [3.05, 3.63) is 76.5 Å². The molecule has 0 saturated carbocycles. The average Bonchev–Trinajstić information content (AvgIpc) is 3.20. The molecule has 160 valence electrons. The molecule has 0 bridgehead atoms. The van der Waals surface area contributed by atoms with Gasteiger partial charge in [0.1, 0.15) is 5.82 Å². The third-order valence-electron chi connectivity index (χ3n) is 5.08. The van der Waals surface area contributed by atoms with Gasteiger partial charge in [-0.05, 0) is 54.8 Å². The van der Waals surface area contributed by atoms with Crippen LogP contribution in [0, 0.1) is 11.7 Å². The molecular formula is C23H22ClFN4O2. The highest BCUT2D eigenvalue weighted by molar-refractivity contribution is 6.30. The summed E-state index contributed by atoms with van der Waals surface area (Å²) in [6, 6.07) is 12.4. The highest BCUT2D eigenvalue weighted by atomic mass is 35.5. The molecule has 1 atom stereocenters. The first kappa shape index (κ1) is 21.1. The standard InChI is InChI=1S/C23H22ClFN4O2/c1-13(2)12-29-14(3)19(20(26-23(29)30)16-5-4-6-18(25)11-16)22-27-21(28-31-22)15-7-9-17(24)10-8-15/h4-11,13,20H,12H2,1-3H3,(H,26,30). The van der Waals surface area contributed by atoms with Gasteiger partial charge in [-0.1, -0.05) is 42.7 Å². The zero-order chi connectivity index (χ0) is 22.1. The van der Waals surface area contributed by atoms with Crippen LogP contribution in [0.2, 0.25) is 5.02 Å². The molecule has 0 radical (unpaired) electrons. The van der Waals surface area contributed by atoms with Crippen LogP contribution >= 0.6 is 11.6 Å². The molecule has 1 unspecified atom stereocenters. The molecule has 1 aliphatic rings. The molecular weight excluding hydrogens is 419 g/mol. The molecule has 0 aliphatic carbocycles. The van der Waals surface area contributed by atoms with Gasteiger partial charge in [-0.3, -0.25) is 4.90 Å². The minimum atomic E-state index is -0.620. The van der Waals surface area contributed by atoms with Gasteiger partial charge < -0.3 is 9.84 Å². The number of amides is 2. The summed E-state index contributed by atoms with van der Waals surface area (Å²) >= 11 is 5.97. The van der Waals surface area contributed by atoms with E-state index < -0.39 is 6.04 Å². The summed E-state index contributed by atoms with van der Waals surface area (Å²) in [6.07, 6.45) is 0. The predicted molar refractivity (Wildman–Crippen MR) is 117 cm³/mol. The first-order chi connectivity index (χ1) is 14.8. The highest BCUT2D eigenvalue weighted by Gasteiger charge is 2.36. The van der Waals surface area contributed by atoms with Crippen molar-refractivity contribution in [1.82, 2.24) is 20.4 Å². The Kier molecular flexibility index (Phi) is 5.78. The van der Waals surface area contributed by atoms with Crippen LogP contribution in [0.25, 0.3) is 17.0 Å². The summed E-state index contributed by atoms with van der Waals surface area (Å²) < 4.78 is 19.6. The van der Waals surface area contributed by atoms with Crippen LogP contribution in [-0.2, 0) is 0 Å². The fourth-order valence-corrected chi connectivity index (χ4v) is 3.75. The van der Waals surface area contributed by atoms with Gasteiger partial charge in [-0.25, -0.2) is 9.18 Å². The number of hydrogen-bond acceptors (Lipinski definition) is 4. The molecule has 1 N–H and O–H groups in total. The van der Waals surface area contributed by atoms with Crippen molar-refractivity contribution in [2.75, 3.05) is 6.54 Å². The number of rotatable bonds is 5. The second-order valence-electron chi connectivity index (χ2n) is 7.87. The van der Waals surface area contributed by atoms with Crippen molar-refractivity contribution in [1.29, 1.82) is 0 Å². The Balaban J connectivity index is 1.82. The van der Waals surface area contributed by atoms with Gasteiger partial charge in [-0.15, -0.1) is 0 Å². The van der Waals surface area contributed by atoms with Crippen molar-refractivity contribution in [3.63, 3.8) is 0 Å². The first-order valence-electron chi connectivity index (χ1n) is 9.97. The van der Waals surface area contributed by atoms with Crippen LogP contribution in [0.5, 0.6) is 0 Å². The molecule has 2 aromatic carbocycles. The summed E-state index contributed by atoms with van der Waals surface area (Å²) in [5, 5.41) is 7.68. The van der Waals surface area contributed by atoms with E-state index in [4.69, 9.17) is 16.1 Å². The van der Waals surface area contributed by atoms with Gasteiger partial charge in [0.2, 0.25) is 5.82 Å². The second kappa shape index (κ2) is 8.51. The van der Waals surface area contributed by atoms with Crippen molar-refractivity contribution in [2.45, 2.75) is 26.8 Å². The second-order valence-corrected chi connectivity index (χ2v) is 8.31. The molecule has 1 aliphatic heterocycles. The number of hydrogen-bond donors (Lipinski definition) is 1. The number of halogens is 2. The fourth-order valence-electron chi connectivity index (χ4n) is 3.63. The van der Waals surface area contributed by atoms with Crippen molar-refractivity contribution in [2.24, 2.45) is 5.92 Å². The number of carbonyl (C=O) groups is 1. The normalized spacial score (nSPS) is 16.8. The molecule has 2 heterocycles. The lowest BCUT2D eigenvalue weighted by molar-refractivity contribution is 0.199. The Morgan fingerprint density at radius 2 is 1.97 bits per heavy atom. The minimum Gasteiger partial charge on any atom is -0.334 e. The Morgan fingerprint density at radius 3 is 2.65 bits per heavy atom. The van der Waals surface area contributed by atoms with Gasteiger partial charge in [0.05, 0.1) is 11.6 Å². The van der Waals surface area contributed by atoms with Crippen LogP contribution in [-0.4, -0.2) is 27.6 Å². The molecule has 4 rings (SSSR count). The number of urea groups is 1. The molecule has 31 heavy (non-hydrogen) atoms. The van der Waals surface area contributed by atoms with E-state index in [2.05, 4.69) is 15.5 Å². The number of carbonyl (C=O) groups excluding carboxylic acids is 1. The lowest BCUT2D eigenvalue weighted by Gasteiger charge is -2.36. The minimum absolute atomic E-state index is 0.248. The summed E-state index contributed by atoms with van der Waals surface area (Å²) in [5.74, 6) is 0.531. The Hall–Kier alpha value is -3.19. The van der Waals surface area contributed by atoms with E-state index in [0.717, 1.165) is 5.56 Å². The molecule has 8 heteroatoms. The molecule has 6 nitrogen and oxygen atoms in total. The van der Waals surface area contributed by atoms with Gasteiger partial charge in [0.25, 0.3) is 5.89 Å². The van der Waals surface area contributed by atoms with E-state index in [1.165, 1.54) is 12.1 Å². The topological polar surface area (TPSA) is 71.3 Å². The summed E-state index contributed by atoms with van der Waals surface area (Å²) in [7, 11) is 0. The van der Waals surface area contributed by atoms with Crippen molar-refractivity contribution >= 4 is 23.2 Å². The predicted octanol–water partition coefficient (Wildman–Crippen LogP) is 5.68. The van der Waals surface area contributed by atoms with E-state index >= 15 is 0 Å². The van der Waals surface area contributed by atoms with Gasteiger partial charge in [0, 0.05) is 22.8 Å². The molecule has 0 saturated heterocycles. The Morgan fingerprint density at radius 1 is 1.23 bits per heavy atom. The number of benzene rings is 2. The van der Waals surface area contributed by atoms with E-state index in [9.17, 15) is 9.18 Å². The smallest absolute Gasteiger partial charge is 0.322 e. The Labute approximate surface area is 184 Å². The van der Waals surface area contributed by atoms with Crippen LogP contribution in [0.4, 0.5) is 9.18 Å². The molecule has 0 spiro atoms. The quantitative estimate of drug-likeness (QED) is 0.553. The summed E-state index contributed by atoms with van der Waals surface area (Å²) in [5.41, 5.74) is 2.67. The van der Waals surface area contributed by atoms with Crippen LogP contribution in [0.15, 0.2) is 58.8 Å². The van der Waals surface area contributed by atoms with Crippen LogP contribution in [0.1, 0.15) is 38.3 Å². The lowest BCUT2D eigenvalue weighted by atomic mass is 9.94. The zero-order valence-corrected chi connectivity index (χ0v) is 18.2. The maximum atomic E-state index is 14.0. The molecule has 1 aromatic heterocycles. The van der Waals surface area contributed by atoms with E-state index in [-0.39, 0.29) is 23.7 Å². The third-order valence-corrected chi connectivity index (χ3v) is 5.34. The largest absolute Gasteiger partial charge is 0.334 e. The monoisotopic (exact) mass is 440 g/mol. The SMILES string of the molecule is CC1=C(c2nc(-c3ccc(Cl)cc3)no2)C(c2cccc(F)c2)NC(=O)N1CC(C)C. The summed E-state index contributed by atoms with van der Waals surface area (Å²) in [6.45, 7) is 6.43. The average molecular weight is 441 g/mol. The maximum absolute atomic E-state index is 14.0. The van der Waals surface area contributed by atoms with E-state index in [0.29, 0.717) is 34.2 Å². The summed E-state index contributed by atoms with van der Waals surface area (Å²) in [4.78, 5) is 19.1. The fraction of sp³-hybridized carbons (Fsp3) is 0.261. The van der Waals surface area contributed by atoms with Crippen LogP contribution in [0.3, 0.4) is 0 Å². The van der Waals surface area contributed by atoms with Gasteiger partial charge >= 0.3 is 6.03 Å². The van der Waals surface area contributed by atoms with E-state index in [1.54, 1.807) is 41.3 Å². The third kappa shape index (κ3) is 4.32. The molecule has 0 fully saturated rings. The van der Waals surface area contributed by atoms with Gasteiger partial charge in [0.15, 0.2) is 0 Å². The number of nitrogens with one attached hydrogen (secondary N) is 1. The maximum Gasteiger partial charge on any atom is 0.322 e. The number of aromatic nitrogens is 2. The molecule has 3 aromatic rings. The van der Waals surface area contributed by atoms with Crippen LogP contribution < -0.4 is 5.32 Å². The zero-order valence-electron chi connectivity index (χ0n) is 17.4. The van der Waals surface area contributed by atoms with Gasteiger partial charge in [-0.2, -0.15) is 4.98 Å². The lowest BCUT2D eigenvalue weighted by Crippen LogP contribution is -2.47. The first-order valence-corrected chi connectivity index (χ1v) is 10.4. The Bertz CT molecular complexity index is 1140. The highest BCUT2D eigenvalue weighted by Crippen LogP contribution is 2.37.